The smallest absolute Gasteiger partial charge is 0.251 e. The lowest BCUT2D eigenvalue weighted by molar-refractivity contribution is 0.0950. The van der Waals surface area contributed by atoms with Crippen LogP contribution in [0.15, 0.2) is 66.7 Å². The van der Waals surface area contributed by atoms with Gasteiger partial charge in [-0.1, -0.05) is 18.2 Å². The maximum atomic E-state index is 12.5. The Bertz CT molecular complexity index is 955. The summed E-state index contributed by atoms with van der Waals surface area (Å²) in [5, 5.41) is 2.89. The third kappa shape index (κ3) is 4.99. The number of para-hydroxylation sites is 1. The highest BCUT2D eigenvalue weighted by atomic mass is 16.5. The van der Waals surface area contributed by atoms with Gasteiger partial charge in [0.1, 0.15) is 17.2 Å². The molecule has 6 nitrogen and oxygen atoms in total. The molecule has 1 amide bonds. The number of hydrogen-bond acceptors (Lipinski definition) is 5. The molecule has 150 valence electrons. The SMILES string of the molecule is COc1cc(OC)c(OC)cc1CNC(=O)c1ccc(Oc2ccccc2)cc1. The van der Waals surface area contributed by atoms with Crippen LogP contribution in [0.3, 0.4) is 0 Å². The highest BCUT2D eigenvalue weighted by molar-refractivity contribution is 5.94. The molecule has 0 atom stereocenters. The van der Waals surface area contributed by atoms with Crippen LogP contribution < -0.4 is 24.3 Å². The molecule has 1 N–H and O–H groups in total. The Kier molecular flexibility index (Phi) is 6.58. The zero-order valence-electron chi connectivity index (χ0n) is 16.6. The molecule has 6 heteroatoms. The molecular weight excluding hydrogens is 370 g/mol. The van der Waals surface area contributed by atoms with Gasteiger partial charge >= 0.3 is 0 Å². The van der Waals surface area contributed by atoms with Gasteiger partial charge in [-0.15, -0.1) is 0 Å². The molecule has 0 bridgehead atoms. The summed E-state index contributed by atoms with van der Waals surface area (Å²) in [6.07, 6.45) is 0. The van der Waals surface area contributed by atoms with E-state index in [1.807, 2.05) is 30.3 Å². The zero-order valence-corrected chi connectivity index (χ0v) is 16.6. The second-order valence-electron chi connectivity index (χ2n) is 6.14. The van der Waals surface area contributed by atoms with Crippen molar-refractivity contribution in [3.05, 3.63) is 77.9 Å². The number of benzene rings is 3. The van der Waals surface area contributed by atoms with Crippen LogP contribution in [-0.2, 0) is 6.54 Å². The standard InChI is InChI=1S/C23H23NO5/c1-26-20-14-22(28-3)21(27-2)13-17(20)15-24-23(25)16-9-11-19(12-10-16)29-18-7-5-4-6-8-18/h4-14H,15H2,1-3H3,(H,24,25). The van der Waals surface area contributed by atoms with E-state index < -0.39 is 0 Å². The summed E-state index contributed by atoms with van der Waals surface area (Å²) < 4.78 is 21.7. The van der Waals surface area contributed by atoms with Crippen molar-refractivity contribution in [1.82, 2.24) is 5.32 Å². The molecule has 3 rings (SSSR count). The van der Waals surface area contributed by atoms with Gasteiger partial charge in [0.15, 0.2) is 11.5 Å². The molecule has 0 spiro atoms. The average Bonchev–Trinajstić information content (AvgIpc) is 2.78. The maximum Gasteiger partial charge on any atom is 0.251 e. The topological polar surface area (TPSA) is 66.0 Å². The Balaban J connectivity index is 1.66. The number of methoxy groups -OCH3 is 3. The number of hydrogen-bond donors (Lipinski definition) is 1. The lowest BCUT2D eigenvalue weighted by Crippen LogP contribution is -2.23. The van der Waals surface area contributed by atoms with Gasteiger partial charge in [-0.05, 0) is 42.5 Å². The highest BCUT2D eigenvalue weighted by Crippen LogP contribution is 2.34. The van der Waals surface area contributed by atoms with Gasteiger partial charge < -0.3 is 24.3 Å². The molecule has 0 radical (unpaired) electrons. The largest absolute Gasteiger partial charge is 0.496 e. The summed E-state index contributed by atoms with van der Waals surface area (Å²) >= 11 is 0. The predicted molar refractivity (Wildman–Crippen MR) is 110 cm³/mol. The predicted octanol–water partition coefficient (Wildman–Crippen LogP) is 4.43. The van der Waals surface area contributed by atoms with Crippen LogP contribution in [0.4, 0.5) is 0 Å². The lowest BCUT2D eigenvalue weighted by atomic mass is 10.1. The van der Waals surface area contributed by atoms with Crippen molar-refractivity contribution >= 4 is 5.91 Å². The summed E-state index contributed by atoms with van der Waals surface area (Å²) in [6, 6.07) is 20.0. The van der Waals surface area contributed by atoms with Crippen LogP contribution >= 0.6 is 0 Å². The van der Waals surface area contributed by atoms with E-state index in [-0.39, 0.29) is 12.5 Å². The first kappa shape index (κ1) is 20.1. The van der Waals surface area contributed by atoms with Gasteiger partial charge in [-0.2, -0.15) is 0 Å². The molecule has 0 heterocycles. The lowest BCUT2D eigenvalue weighted by Gasteiger charge is -2.14. The van der Waals surface area contributed by atoms with E-state index >= 15 is 0 Å². The molecule has 3 aromatic carbocycles. The number of amides is 1. The fourth-order valence-corrected chi connectivity index (χ4v) is 2.81. The molecule has 3 aromatic rings. The normalized spacial score (nSPS) is 10.2. The van der Waals surface area contributed by atoms with Crippen molar-refractivity contribution in [2.45, 2.75) is 6.54 Å². The summed E-state index contributed by atoms with van der Waals surface area (Å²) in [4.78, 5) is 12.5. The summed E-state index contributed by atoms with van der Waals surface area (Å²) in [7, 11) is 4.69. The Morgan fingerprint density at radius 2 is 1.34 bits per heavy atom. The van der Waals surface area contributed by atoms with Crippen LogP contribution in [0.1, 0.15) is 15.9 Å². The van der Waals surface area contributed by atoms with E-state index in [1.54, 1.807) is 57.7 Å². The van der Waals surface area contributed by atoms with E-state index in [9.17, 15) is 4.79 Å². The second kappa shape index (κ2) is 9.50. The molecule has 0 saturated carbocycles. The molecular formula is C23H23NO5. The van der Waals surface area contributed by atoms with Gasteiger partial charge in [0.25, 0.3) is 5.91 Å². The molecule has 0 fully saturated rings. The van der Waals surface area contributed by atoms with Gasteiger partial charge in [0.05, 0.1) is 21.3 Å². The van der Waals surface area contributed by atoms with Crippen molar-refractivity contribution in [3.63, 3.8) is 0 Å². The molecule has 0 unspecified atom stereocenters. The fourth-order valence-electron chi connectivity index (χ4n) is 2.81. The minimum absolute atomic E-state index is 0.201. The minimum atomic E-state index is -0.201. The summed E-state index contributed by atoms with van der Waals surface area (Å²) in [5.41, 5.74) is 1.31. The summed E-state index contributed by atoms with van der Waals surface area (Å²) in [5.74, 6) is 2.94. The van der Waals surface area contributed by atoms with Crippen LogP contribution in [0, 0.1) is 0 Å². The highest BCUT2D eigenvalue weighted by Gasteiger charge is 2.13. The Hall–Kier alpha value is -3.67. The maximum absolute atomic E-state index is 12.5. The first-order valence-corrected chi connectivity index (χ1v) is 9.04. The number of carbonyl (C=O) groups excluding carboxylic acids is 1. The first-order valence-electron chi connectivity index (χ1n) is 9.04. The van der Waals surface area contributed by atoms with E-state index in [0.29, 0.717) is 28.6 Å². The molecule has 0 saturated heterocycles. The molecule has 0 aliphatic heterocycles. The Morgan fingerprint density at radius 1 is 0.759 bits per heavy atom. The van der Waals surface area contributed by atoms with Crippen molar-refractivity contribution in [2.24, 2.45) is 0 Å². The Morgan fingerprint density at radius 3 is 1.97 bits per heavy atom. The quantitative estimate of drug-likeness (QED) is 0.613. The van der Waals surface area contributed by atoms with Crippen molar-refractivity contribution in [1.29, 1.82) is 0 Å². The van der Waals surface area contributed by atoms with E-state index in [4.69, 9.17) is 18.9 Å². The Labute approximate surface area is 170 Å². The van der Waals surface area contributed by atoms with E-state index in [1.165, 1.54) is 0 Å². The third-order valence-corrected chi connectivity index (χ3v) is 4.32. The van der Waals surface area contributed by atoms with Gasteiger partial charge in [0, 0.05) is 23.7 Å². The van der Waals surface area contributed by atoms with Crippen LogP contribution in [0.25, 0.3) is 0 Å². The van der Waals surface area contributed by atoms with Crippen LogP contribution in [-0.4, -0.2) is 27.2 Å². The molecule has 29 heavy (non-hydrogen) atoms. The van der Waals surface area contributed by atoms with Crippen molar-refractivity contribution < 1.29 is 23.7 Å². The van der Waals surface area contributed by atoms with E-state index in [0.717, 1.165) is 11.3 Å². The molecule has 0 aliphatic carbocycles. The van der Waals surface area contributed by atoms with Crippen molar-refractivity contribution in [3.8, 4) is 28.7 Å². The minimum Gasteiger partial charge on any atom is -0.496 e. The number of ether oxygens (including phenoxy) is 4. The zero-order chi connectivity index (χ0) is 20.6. The van der Waals surface area contributed by atoms with Gasteiger partial charge in [-0.3, -0.25) is 4.79 Å². The second-order valence-corrected chi connectivity index (χ2v) is 6.14. The molecule has 0 aliphatic rings. The van der Waals surface area contributed by atoms with Crippen LogP contribution in [0.5, 0.6) is 28.7 Å². The first-order chi connectivity index (χ1) is 14.1. The summed E-state index contributed by atoms with van der Waals surface area (Å²) in [6.45, 7) is 0.282. The molecule has 0 aromatic heterocycles. The van der Waals surface area contributed by atoms with Crippen molar-refractivity contribution in [2.75, 3.05) is 21.3 Å². The van der Waals surface area contributed by atoms with Gasteiger partial charge in [-0.25, -0.2) is 0 Å². The van der Waals surface area contributed by atoms with E-state index in [2.05, 4.69) is 5.32 Å². The third-order valence-electron chi connectivity index (χ3n) is 4.32. The number of rotatable bonds is 8. The average molecular weight is 393 g/mol. The number of carbonyl (C=O) groups is 1. The number of nitrogens with one attached hydrogen (secondary N) is 1. The van der Waals surface area contributed by atoms with Crippen LogP contribution in [0.2, 0.25) is 0 Å². The monoisotopic (exact) mass is 393 g/mol. The fraction of sp³-hybridized carbons (Fsp3) is 0.174. The van der Waals surface area contributed by atoms with Gasteiger partial charge in [0.2, 0.25) is 0 Å².